The lowest BCUT2D eigenvalue weighted by Gasteiger charge is -2.19. The number of aromatic nitrogens is 2. The average Bonchev–Trinajstić information content (AvgIpc) is 2.78. The van der Waals surface area contributed by atoms with Crippen LogP contribution in [0, 0.1) is 6.92 Å². The first kappa shape index (κ1) is 15.0. The normalized spacial score (nSPS) is 11.0. The minimum atomic E-state index is 0.704. The molecule has 0 aliphatic carbocycles. The van der Waals surface area contributed by atoms with Gasteiger partial charge in [-0.3, -0.25) is 0 Å². The second-order valence-electron chi connectivity index (χ2n) is 4.74. The Morgan fingerprint density at radius 1 is 1.40 bits per heavy atom. The Hall–Kier alpha value is -1.40. The lowest BCUT2D eigenvalue weighted by atomic mass is 10.3. The maximum absolute atomic E-state index is 5.11. The van der Waals surface area contributed by atoms with Gasteiger partial charge in [-0.2, -0.15) is 4.98 Å². The van der Waals surface area contributed by atoms with Crippen molar-refractivity contribution in [3.63, 3.8) is 0 Å². The topological polar surface area (TPSA) is 50.3 Å². The van der Waals surface area contributed by atoms with Gasteiger partial charge >= 0.3 is 0 Å². The van der Waals surface area contributed by atoms with E-state index in [-0.39, 0.29) is 0 Å². The fraction of sp³-hybridized carbons (Fsp3) is 0.571. The number of aryl methyl sites for hydroxylation is 1. The average molecular weight is 294 g/mol. The molecule has 110 valence electrons. The number of hydrogen-bond acceptors (Lipinski definition) is 6. The zero-order chi connectivity index (χ0) is 14.5. The molecule has 1 N–H and O–H groups in total. The maximum Gasteiger partial charge on any atom is 0.226 e. The van der Waals surface area contributed by atoms with Crippen LogP contribution in [0.5, 0.6) is 0 Å². The molecule has 0 saturated heterocycles. The van der Waals surface area contributed by atoms with E-state index in [1.165, 1.54) is 4.88 Å². The summed E-state index contributed by atoms with van der Waals surface area (Å²) in [5.74, 6) is 1.70. The fourth-order valence-electron chi connectivity index (χ4n) is 2.11. The van der Waals surface area contributed by atoms with Gasteiger partial charge in [0.2, 0.25) is 5.95 Å². The third-order valence-electron chi connectivity index (χ3n) is 3.03. The number of fused-ring (bicyclic) bond motifs is 1. The van der Waals surface area contributed by atoms with Crippen LogP contribution in [0.3, 0.4) is 0 Å². The number of rotatable bonds is 7. The number of thiophene rings is 1. The standard InChI is InChI=1S/C14H22N4OS/c1-5-15-14-16-12(18(3)7-6-8-19-4)11-9-10(2)20-13(11)17-14/h9H,5-8H2,1-4H3,(H,15,16,17). The van der Waals surface area contributed by atoms with Crippen molar-refractivity contribution in [2.45, 2.75) is 20.3 Å². The number of nitrogens with zero attached hydrogens (tertiary/aromatic N) is 3. The molecule has 20 heavy (non-hydrogen) atoms. The zero-order valence-corrected chi connectivity index (χ0v) is 13.4. The Morgan fingerprint density at radius 2 is 2.20 bits per heavy atom. The molecule has 0 aromatic carbocycles. The second-order valence-corrected chi connectivity index (χ2v) is 5.98. The van der Waals surface area contributed by atoms with Crippen molar-refractivity contribution in [3.8, 4) is 0 Å². The van der Waals surface area contributed by atoms with E-state index in [1.807, 2.05) is 0 Å². The number of ether oxygens (including phenoxy) is 1. The highest BCUT2D eigenvalue weighted by Gasteiger charge is 2.13. The molecule has 2 heterocycles. The van der Waals surface area contributed by atoms with Gasteiger partial charge in [-0.15, -0.1) is 11.3 Å². The third kappa shape index (κ3) is 3.37. The summed E-state index contributed by atoms with van der Waals surface area (Å²) < 4.78 is 5.11. The SMILES string of the molecule is CCNc1nc(N(C)CCCOC)c2cc(C)sc2n1. The lowest BCUT2D eigenvalue weighted by Crippen LogP contribution is -2.21. The number of hydrogen-bond donors (Lipinski definition) is 1. The molecule has 0 radical (unpaired) electrons. The summed E-state index contributed by atoms with van der Waals surface area (Å²) in [7, 11) is 3.80. The molecule has 2 aromatic heterocycles. The Balaban J connectivity index is 2.33. The highest BCUT2D eigenvalue weighted by atomic mass is 32.1. The van der Waals surface area contributed by atoms with Crippen LogP contribution in [0.25, 0.3) is 10.2 Å². The Morgan fingerprint density at radius 3 is 2.90 bits per heavy atom. The fourth-order valence-corrected chi connectivity index (χ4v) is 2.98. The predicted molar refractivity (Wildman–Crippen MR) is 86.1 cm³/mol. The molecular weight excluding hydrogens is 272 g/mol. The van der Waals surface area contributed by atoms with Crippen LogP contribution in [-0.4, -0.2) is 43.8 Å². The highest BCUT2D eigenvalue weighted by Crippen LogP contribution is 2.31. The molecule has 5 nitrogen and oxygen atoms in total. The van der Waals surface area contributed by atoms with Crippen LogP contribution >= 0.6 is 11.3 Å². The molecule has 0 aliphatic heterocycles. The minimum absolute atomic E-state index is 0.704. The molecule has 6 heteroatoms. The Kier molecular flexibility index (Phi) is 5.14. The van der Waals surface area contributed by atoms with E-state index in [4.69, 9.17) is 4.74 Å². The van der Waals surface area contributed by atoms with E-state index < -0.39 is 0 Å². The van der Waals surface area contributed by atoms with Crippen LogP contribution in [0.1, 0.15) is 18.2 Å². The van der Waals surface area contributed by atoms with Crippen molar-refractivity contribution in [1.29, 1.82) is 0 Å². The van der Waals surface area contributed by atoms with Crippen molar-refractivity contribution < 1.29 is 4.74 Å². The van der Waals surface area contributed by atoms with Gasteiger partial charge in [0, 0.05) is 38.7 Å². The van der Waals surface area contributed by atoms with E-state index >= 15 is 0 Å². The van der Waals surface area contributed by atoms with Crippen LogP contribution in [0.2, 0.25) is 0 Å². The number of nitrogens with one attached hydrogen (secondary N) is 1. The van der Waals surface area contributed by atoms with E-state index in [1.54, 1.807) is 18.4 Å². The van der Waals surface area contributed by atoms with Gasteiger partial charge in [0.05, 0.1) is 5.39 Å². The van der Waals surface area contributed by atoms with Crippen molar-refractivity contribution in [1.82, 2.24) is 9.97 Å². The van der Waals surface area contributed by atoms with Gasteiger partial charge < -0.3 is 15.0 Å². The molecule has 0 atom stereocenters. The molecular formula is C14H22N4OS. The van der Waals surface area contributed by atoms with E-state index in [0.717, 1.165) is 42.2 Å². The summed E-state index contributed by atoms with van der Waals surface area (Å²) in [6, 6.07) is 2.16. The summed E-state index contributed by atoms with van der Waals surface area (Å²) >= 11 is 1.71. The summed E-state index contributed by atoms with van der Waals surface area (Å²) in [4.78, 5) is 13.7. The quantitative estimate of drug-likeness (QED) is 0.796. The van der Waals surface area contributed by atoms with Gasteiger partial charge in [-0.1, -0.05) is 0 Å². The Labute approximate surface area is 124 Å². The monoisotopic (exact) mass is 294 g/mol. The van der Waals surface area contributed by atoms with Crippen LogP contribution < -0.4 is 10.2 Å². The molecule has 0 fully saturated rings. The third-order valence-corrected chi connectivity index (χ3v) is 3.98. The van der Waals surface area contributed by atoms with Gasteiger partial charge in [0.25, 0.3) is 0 Å². The van der Waals surface area contributed by atoms with Crippen molar-refractivity contribution in [3.05, 3.63) is 10.9 Å². The first-order valence-corrected chi connectivity index (χ1v) is 7.69. The van der Waals surface area contributed by atoms with E-state index in [9.17, 15) is 0 Å². The molecule has 2 rings (SSSR count). The molecule has 0 amide bonds. The van der Waals surface area contributed by atoms with Gasteiger partial charge in [0.15, 0.2) is 0 Å². The number of anilines is 2. The summed E-state index contributed by atoms with van der Waals surface area (Å²) in [5.41, 5.74) is 0. The van der Waals surface area contributed by atoms with Gasteiger partial charge in [0.1, 0.15) is 10.6 Å². The smallest absolute Gasteiger partial charge is 0.226 e. The molecule has 0 bridgehead atoms. The minimum Gasteiger partial charge on any atom is -0.385 e. The molecule has 0 spiro atoms. The zero-order valence-electron chi connectivity index (χ0n) is 12.6. The van der Waals surface area contributed by atoms with Gasteiger partial charge in [-0.05, 0) is 26.3 Å². The van der Waals surface area contributed by atoms with E-state index in [2.05, 4.69) is 47.1 Å². The lowest BCUT2D eigenvalue weighted by molar-refractivity contribution is 0.196. The molecule has 2 aromatic rings. The summed E-state index contributed by atoms with van der Waals surface area (Å²) in [5, 5.41) is 4.34. The largest absolute Gasteiger partial charge is 0.385 e. The highest BCUT2D eigenvalue weighted by molar-refractivity contribution is 7.18. The number of methoxy groups -OCH3 is 1. The Bertz CT molecular complexity index is 570. The van der Waals surface area contributed by atoms with Crippen molar-refractivity contribution in [2.24, 2.45) is 0 Å². The second kappa shape index (κ2) is 6.85. The predicted octanol–water partition coefficient (Wildman–Crippen LogP) is 2.90. The van der Waals surface area contributed by atoms with E-state index in [0.29, 0.717) is 5.95 Å². The maximum atomic E-state index is 5.11. The molecule has 0 unspecified atom stereocenters. The summed E-state index contributed by atoms with van der Waals surface area (Å²) in [6.07, 6.45) is 0.984. The van der Waals surface area contributed by atoms with Crippen LogP contribution in [-0.2, 0) is 4.74 Å². The molecule has 0 saturated carbocycles. The van der Waals surface area contributed by atoms with Gasteiger partial charge in [-0.25, -0.2) is 4.98 Å². The van der Waals surface area contributed by atoms with Crippen molar-refractivity contribution in [2.75, 3.05) is 44.1 Å². The summed E-state index contributed by atoms with van der Waals surface area (Å²) in [6.45, 7) is 6.66. The molecule has 0 aliphatic rings. The van der Waals surface area contributed by atoms with Crippen LogP contribution in [0.4, 0.5) is 11.8 Å². The first-order valence-electron chi connectivity index (χ1n) is 6.87. The van der Waals surface area contributed by atoms with Crippen LogP contribution in [0.15, 0.2) is 6.07 Å². The van der Waals surface area contributed by atoms with Crippen molar-refractivity contribution >= 4 is 33.3 Å². The first-order chi connectivity index (χ1) is 9.65.